The van der Waals surface area contributed by atoms with Crippen molar-refractivity contribution < 1.29 is 9.59 Å². The van der Waals surface area contributed by atoms with Crippen molar-refractivity contribution in [2.24, 2.45) is 0 Å². The van der Waals surface area contributed by atoms with Crippen LogP contribution in [0.5, 0.6) is 0 Å². The minimum absolute atomic E-state index is 0.110. The second-order valence-corrected chi connectivity index (χ2v) is 8.38. The van der Waals surface area contributed by atoms with E-state index in [2.05, 4.69) is 21.0 Å². The number of nitrogens with one attached hydrogen (secondary N) is 3. The fourth-order valence-corrected chi connectivity index (χ4v) is 3.93. The molecule has 0 bridgehead atoms. The lowest BCUT2D eigenvalue weighted by atomic mass is 10.1. The highest BCUT2D eigenvalue weighted by Crippen LogP contribution is 2.23. The van der Waals surface area contributed by atoms with Crippen LogP contribution in [0.25, 0.3) is 16.5 Å². The Labute approximate surface area is 212 Å². The third-order valence-electron chi connectivity index (χ3n) is 5.80. The Morgan fingerprint density at radius 2 is 1.32 bits per heavy atom. The molecular weight excluding hydrogens is 466 g/mol. The Morgan fingerprint density at radius 1 is 0.703 bits per heavy atom. The summed E-state index contributed by atoms with van der Waals surface area (Å²) in [6.07, 6.45) is 0. The van der Waals surface area contributed by atoms with Crippen molar-refractivity contribution in [1.82, 2.24) is 9.78 Å². The van der Waals surface area contributed by atoms with Gasteiger partial charge in [-0.05, 0) is 55.0 Å². The van der Waals surface area contributed by atoms with Crippen LogP contribution in [-0.2, 0) is 0 Å². The SMILES string of the molecule is Cc1ccc(NC(=O)Nc2ccccc2)cc1NC(=O)c1nn(-c2ccccc2)c(=O)c2ccccc12. The quantitative estimate of drug-likeness (QED) is 0.299. The maximum absolute atomic E-state index is 13.5. The van der Waals surface area contributed by atoms with Gasteiger partial charge >= 0.3 is 6.03 Å². The van der Waals surface area contributed by atoms with Crippen LogP contribution in [0.3, 0.4) is 0 Å². The first-order chi connectivity index (χ1) is 18.0. The number of carbonyl (C=O) groups excluding carboxylic acids is 2. The van der Waals surface area contributed by atoms with Crippen molar-refractivity contribution in [3.8, 4) is 5.69 Å². The number of aryl methyl sites for hydroxylation is 1. The molecule has 0 saturated heterocycles. The maximum Gasteiger partial charge on any atom is 0.323 e. The molecule has 0 aliphatic rings. The standard InChI is InChI=1S/C29H23N5O3/c1-19-16-17-21(31-29(37)30-20-10-4-2-5-11-20)18-25(19)32-27(35)26-23-14-8-9-15-24(23)28(36)34(33-26)22-12-6-3-7-13-22/h2-18H,1H3,(H,32,35)(H2,30,31,37). The van der Waals surface area contributed by atoms with Crippen LogP contribution in [0.2, 0.25) is 0 Å². The highest BCUT2D eigenvalue weighted by molar-refractivity contribution is 6.11. The average Bonchev–Trinajstić information content (AvgIpc) is 2.92. The Hall–Kier alpha value is -5.24. The van der Waals surface area contributed by atoms with E-state index in [4.69, 9.17) is 0 Å². The molecule has 5 rings (SSSR count). The summed E-state index contributed by atoms with van der Waals surface area (Å²) in [4.78, 5) is 39.0. The third kappa shape index (κ3) is 5.08. The number of carbonyl (C=O) groups is 2. The Morgan fingerprint density at radius 3 is 2.05 bits per heavy atom. The van der Waals surface area contributed by atoms with E-state index in [1.54, 1.807) is 78.9 Å². The van der Waals surface area contributed by atoms with E-state index < -0.39 is 11.9 Å². The molecule has 3 amide bonds. The number of hydrogen-bond acceptors (Lipinski definition) is 4. The van der Waals surface area contributed by atoms with Crippen molar-refractivity contribution in [2.75, 3.05) is 16.0 Å². The average molecular weight is 490 g/mol. The Kier molecular flexibility index (Phi) is 6.46. The first-order valence-electron chi connectivity index (χ1n) is 11.6. The summed E-state index contributed by atoms with van der Waals surface area (Å²) in [5.74, 6) is -0.477. The van der Waals surface area contributed by atoms with Crippen LogP contribution in [0, 0.1) is 6.92 Å². The van der Waals surface area contributed by atoms with E-state index >= 15 is 0 Å². The highest BCUT2D eigenvalue weighted by atomic mass is 16.2. The number of amides is 3. The number of benzene rings is 4. The van der Waals surface area contributed by atoms with Crippen LogP contribution < -0.4 is 21.5 Å². The maximum atomic E-state index is 13.5. The van der Waals surface area contributed by atoms with Crippen LogP contribution in [0.15, 0.2) is 108 Å². The predicted molar refractivity (Wildman–Crippen MR) is 146 cm³/mol. The summed E-state index contributed by atoms with van der Waals surface area (Å²) in [5.41, 5.74) is 2.81. The number of aromatic nitrogens is 2. The van der Waals surface area contributed by atoms with Gasteiger partial charge in [-0.2, -0.15) is 9.78 Å². The van der Waals surface area contributed by atoms with Gasteiger partial charge in [-0.3, -0.25) is 9.59 Å². The number of fused-ring (bicyclic) bond motifs is 1. The van der Waals surface area contributed by atoms with Gasteiger partial charge in [0.15, 0.2) is 5.69 Å². The van der Waals surface area contributed by atoms with Crippen molar-refractivity contribution >= 4 is 39.8 Å². The Bertz CT molecular complexity index is 1660. The van der Waals surface area contributed by atoms with Gasteiger partial charge in [-0.1, -0.05) is 60.7 Å². The van der Waals surface area contributed by atoms with Crippen molar-refractivity contribution in [1.29, 1.82) is 0 Å². The fourth-order valence-electron chi connectivity index (χ4n) is 3.93. The molecule has 0 spiro atoms. The van der Waals surface area contributed by atoms with Gasteiger partial charge in [0.25, 0.3) is 11.5 Å². The molecule has 0 aliphatic heterocycles. The zero-order chi connectivity index (χ0) is 25.8. The van der Waals surface area contributed by atoms with Gasteiger partial charge in [-0.25, -0.2) is 4.79 Å². The van der Waals surface area contributed by atoms with Crippen molar-refractivity contribution in [2.45, 2.75) is 6.92 Å². The van der Waals surface area contributed by atoms with E-state index in [1.165, 1.54) is 4.68 Å². The molecule has 0 saturated carbocycles. The first-order valence-corrected chi connectivity index (χ1v) is 11.6. The summed E-state index contributed by atoms with van der Waals surface area (Å²) < 4.78 is 1.23. The minimum Gasteiger partial charge on any atom is -0.320 e. The van der Waals surface area contributed by atoms with E-state index in [0.29, 0.717) is 33.5 Å². The van der Waals surface area contributed by atoms with Crippen LogP contribution in [-0.4, -0.2) is 21.7 Å². The van der Waals surface area contributed by atoms with Crippen molar-refractivity contribution in [3.63, 3.8) is 0 Å². The van der Waals surface area contributed by atoms with E-state index in [-0.39, 0.29) is 11.3 Å². The predicted octanol–water partition coefficient (Wildman–Crippen LogP) is 5.59. The van der Waals surface area contributed by atoms with Gasteiger partial charge in [0, 0.05) is 22.4 Å². The molecule has 1 aromatic heterocycles. The number of nitrogens with zero attached hydrogens (tertiary/aromatic N) is 2. The molecule has 0 radical (unpaired) electrons. The van der Waals surface area contributed by atoms with Crippen molar-refractivity contribution in [3.05, 3.63) is 125 Å². The molecule has 0 atom stereocenters. The molecule has 182 valence electrons. The molecule has 8 nitrogen and oxygen atoms in total. The first kappa shape index (κ1) is 23.5. The number of rotatable bonds is 5. The largest absolute Gasteiger partial charge is 0.323 e. The Balaban J connectivity index is 1.45. The van der Waals surface area contributed by atoms with E-state index in [0.717, 1.165) is 5.56 Å². The zero-order valence-corrected chi connectivity index (χ0v) is 19.9. The molecule has 8 heteroatoms. The lowest BCUT2D eigenvalue weighted by molar-refractivity contribution is 0.102. The molecule has 0 aliphatic carbocycles. The van der Waals surface area contributed by atoms with Gasteiger partial charge in [0.1, 0.15) is 0 Å². The lowest BCUT2D eigenvalue weighted by Crippen LogP contribution is -2.26. The monoisotopic (exact) mass is 489 g/mol. The van der Waals surface area contributed by atoms with E-state index in [1.807, 2.05) is 31.2 Å². The summed E-state index contributed by atoms with van der Waals surface area (Å²) in [7, 11) is 0. The smallest absolute Gasteiger partial charge is 0.320 e. The highest BCUT2D eigenvalue weighted by Gasteiger charge is 2.18. The van der Waals surface area contributed by atoms with Crippen LogP contribution in [0.4, 0.5) is 21.9 Å². The second-order valence-electron chi connectivity index (χ2n) is 8.38. The molecule has 0 fully saturated rings. The normalized spacial score (nSPS) is 10.6. The third-order valence-corrected chi connectivity index (χ3v) is 5.80. The summed E-state index contributed by atoms with van der Waals surface area (Å²) in [6, 6.07) is 29.7. The summed E-state index contributed by atoms with van der Waals surface area (Å²) >= 11 is 0. The van der Waals surface area contributed by atoms with Gasteiger partial charge in [0.2, 0.25) is 0 Å². The molecule has 4 aromatic carbocycles. The second kappa shape index (κ2) is 10.2. The number of anilines is 3. The molecule has 1 heterocycles. The number of urea groups is 1. The molecule has 0 unspecified atom stereocenters. The lowest BCUT2D eigenvalue weighted by Gasteiger charge is -2.14. The topological polar surface area (TPSA) is 105 Å². The zero-order valence-electron chi connectivity index (χ0n) is 19.9. The minimum atomic E-state index is -0.477. The van der Waals surface area contributed by atoms with Gasteiger partial charge in [-0.15, -0.1) is 0 Å². The molecular formula is C29H23N5O3. The van der Waals surface area contributed by atoms with E-state index in [9.17, 15) is 14.4 Å². The summed E-state index contributed by atoms with van der Waals surface area (Å²) in [6.45, 7) is 1.85. The number of para-hydroxylation sites is 2. The van der Waals surface area contributed by atoms with Crippen LogP contribution in [0.1, 0.15) is 16.1 Å². The molecule has 3 N–H and O–H groups in total. The molecule has 37 heavy (non-hydrogen) atoms. The summed E-state index contributed by atoms with van der Waals surface area (Å²) in [5, 5.41) is 13.7. The fraction of sp³-hybridized carbons (Fsp3) is 0.0345. The van der Waals surface area contributed by atoms with Crippen LogP contribution >= 0.6 is 0 Å². The van der Waals surface area contributed by atoms with Gasteiger partial charge < -0.3 is 16.0 Å². The molecule has 5 aromatic rings. The number of hydrogen-bond donors (Lipinski definition) is 3. The van der Waals surface area contributed by atoms with Gasteiger partial charge in [0.05, 0.1) is 11.1 Å².